The van der Waals surface area contributed by atoms with E-state index < -0.39 is 11.6 Å². The summed E-state index contributed by atoms with van der Waals surface area (Å²) >= 11 is 1.59. The Morgan fingerprint density at radius 3 is 2.59 bits per heavy atom. The van der Waals surface area contributed by atoms with Crippen LogP contribution in [0, 0.1) is 6.92 Å². The van der Waals surface area contributed by atoms with Gasteiger partial charge in [0.2, 0.25) is 0 Å². The maximum absolute atomic E-state index is 12.5. The van der Waals surface area contributed by atoms with Crippen molar-refractivity contribution in [3.8, 4) is 0 Å². The first kappa shape index (κ1) is 15.2. The predicted molar refractivity (Wildman–Crippen MR) is 86.5 cm³/mol. The second-order valence-corrected chi connectivity index (χ2v) is 6.74. The summed E-state index contributed by atoms with van der Waals surface area (Å²) in [6.45, 7) is 1.96. The van der Waals surface area contributed by atoms with Crippen LogP contribution in [0.1, 0.15) is 48.1 Å². The minimum absolute atomic E-state index is 0.346. The second-order valence-electron chi connectivity index (χ2n) is 5.89. The van der Waals surface area contributed by atoms with Crippen LogP contribution in [0.15, 0.2) is 35.7 Å². The van der Waals surface area contributed by atoms with Crippen molar-refractivity contribution in [2.75, 3.05) is 0 Å². The fourth-order valence-corrected chi connectivity index (χ4v) is 4.05. The van der Waals surface area contributed by atoms with Gasteiger partial charge >= 0.3 is 0 Å². The highest BCUT2D eigenvalue weighted by molar-refractivity contribution is 7.09. The number of hydrogen-bond acceptors (Lipinski definition) is 4. The number of amides is 1. The van der Waals surface area contributed by atoms with Gasteiger partial charge in [0.25, 0.3) is 5.91 Å². The number of rotatable bonds is 4. The normalized spacial score (nSPS) is 18.1. The smallest absolute Gasteiger partial charge is 0.254 e. The molecule has 0 bridgehead atoms. The molecule has 1 amide bonds. The first-order chi connectivity index (χ1) is 10.6. The zero-order valence-electron chi connectivity index (χ0n) is 12.6. The topological polar surface area (TPSA) is 62.2 Å². The molecule has 3 rings (SSSR count). The van der Waals surface area contributed by atoms with E-state index in [0.717, 1.165) is 36.4 Å². The summed E-state index contributed by atoms with van der Waals surface area (Å²) in [6, 6.07) is 9.03. The summed E-state index contributed by atoms with van der Waals surface area (Å²) in [7, 11) is 0. The molecule has 4 nitrogen and oxygen atoms in total. The molecule has 1 saturated carbocycles. The number of aryl methyl sites for hydroxylation is 1. The van der Waals surface area contributed by atoms with Crippen LogP contribution in [0.2, 0.25) is 0 Å². The lowest BCUT2D eigenvalue weighted by Crippen LogP contribution is -2.45. The number of hydrogen-bond donors (Lipinski definition) is 2. The molecule has 0 spiro atoms. The van der Waals surface area contributed by atoms with Crippen molar-refractivity contribution in [2.24, 2.45) is 0 Å². The van der Waals surface area contributed by atoms with Crippen LogP contribution in [-0.4, -0.2) is 16.0 Å². The van der Waals surface area contributed by atoms with E-state index >= 15 is 0 Å². The van der Waals surface area contributed by atoms with Gasteiger partial charge in [-0.15, -0.1) is 11.3 Å². The molecule has 2 N–H and O–H groups in total. The monoisotopic (exact) mass is 316 g/mol. The van der Waals surface area contributed by atoms with E-state index in [2.05, 4.69) is 10.3 Å². The fraction of sp³-hybridized carbons (Fsp3) is 0.412. The number of aromatic nitrogens is 1. The number of carbonyl (C=O) groups is 1. The van der Waals surface area contributed by atoms with E-state index in [0.29, 0.717) is 5.56 Å². The molecule has 0 aliphatic heterocycles. The van der Waals surface area contributed by atoms with Gasteiger partial charge in [0, 0.05) is 11.1 Å². The molecule has 0 radical (unpaired) electrons. The summed E-state index contributed by atoms with van der Waals surface area (Å²) in [4.78, 5) is 17.1. The minimum atomic E-state index is -1.14. The van der Waals surface area contributed by atoms with E-state index in [1.807, 2.05) is 30.5 Å². The van der Waals surface area contributed by atoms with Gasteiger partial charge in [-0.3, -0.25) is 4.79 Å². The fourth-order valence-electron chi connectivity index (χ4n) is 3.04. The number of aliphatic hydroxyl groups is 1. The first-order valence-electron chi connectivity index (χ1n) is 7.58. The van der Waals surface area contributed by atoms with E-state index in [1.54, 1.807) is 23.5 Å². The molecule has 2 aromatic rings. The maximum Gasteiger partial charge on any atom is 0.254 e. The van der Waals surface area contributed by atoms with Gasteiger partial charge in [0.15, 0.2) is 6.10 Å². The largest absolute Gasteiger partial charge is 0.378 e. The minimum Gasteiger partial charge on any atom is -0.378 e. The second kappa shape index (κ2) is 6.18. The standard InChI is InChI=1S/C17H20N2O2S/c1-12-11-22-16(18-12)17(9-5-6-10-17)19-15(21)14(20)13-7-3-2-4-8-13/h2-4,7-8,11,14,20H,5-6,9-10H2,1H3,(H,19,21). The molecule has 1 heterocycles. The van der Waals surface area contributed by atoms with Crippen molar-refractivity contribution in [2.45, 2.75) is 44.2 Å². The van der Waals surface area contributed by atoms with Gasteiger partial charge < -0.3 is 10.4 Å². The molecule has 1 fully saturated rings. The van der Waals surface area contributed by atoms with Gasteiger partial charge in [-0.2, -0.15) is 0 Å². The van der Waals surface area contributed by atoms with Crippen LogP contribution in [-0.2, 0) is 10.3 Å². The third kappa shape index (κ3) is 2.91. The van der Waals surface area contributed by atoms with Crippen molar-refractivity contribution in [3.63, 3.8) is 0 Å². The molecule has 5 heteroatoms. The number of aliphatic hydroxyl groups excluding tert-OH is 1. The molecular weight excluding hydrogens is 296 g/mol. The highest BCUT2D eigenvalue weighted by Crippen LogP contribution is 2.40. The molecule has 22 heavy (non-hydrogen) atoms. The van der Waals surface area contributed by atoms with Crippen molar-refractivity contribution in [1.29, 1.82) is 0 Å². The van der Waals surface area contributed by atoms with Crippen LogP contribution >= 0.6 is 11.3 Å². The van der Waals surface area contributed by atoms with Crippen LogP contribution < -0.4 is 5.32 Å². The highest BCUT2D eigenvalue weighted by Gasteiger charge is 2.40. The van der Waals surface area contributed by atoms with E-state index in [-0.39, 0.29) is 5.91 Å². The predicted octanol–water partition coefficient (Wildman–Crippen LogP) is 3.07. The lowest BCUT2D eigenvalue weighted by Gasteiger charge is -2.29. The first-order valence-corrected chi connectivity index (χ1v) is 8.46. The zero-order valence-corrected chi connectivity index (χ0v) is 13.4. The number of carbonyl (C=O) groups excluding carboxylic acids is 1. The lowest BCUT2D eigenvalue weighted by atomic mass is 9.97. The molecule has 1 atom stereocenters. The van der Waals surface area contributed by atoms with Crippen molar-refractivity contribution in [1.82, 2.24) is 10.3 Å². The van der Waals surface area contributed by atoms with Gasteiger partial charge in [-0.1, -0.05) is 43.2 Å². The van der Waals surface area contributed by atoms with Crippen molar-refractivity contribution in [3.05, 3.63) is 52.0 Å². The number of nitrogens with one attached hydrogen (secondary N) is 1. The Balaban J connectivity index is 1.81. The molecule has 116 valence electrons. The SMILES string of the molecule is Cc1csc(C2(NC(=O)C(O)c3ccccc3)CCCC2)n1. The highest BCUT2D eigenvalue weighted by atomic mass is 32.1. The number of benzene rings is 1. The average Bonchev–Trinajstić information content (AvgIpc) is 3.17. The molecule has 0 saturated heterocycles. The Kier molecular flexibility index (Phi) is 4.27. The molecular formula is C17H20N2O2S. The average molecular weight is 316 g/mol. The van der Waals surface area contributed by atoms with Gasteiger partial charge in [-0.05, 0) is 25.3 Å². The van der Waals surface area contributed by atoms with Crippen molar-refractivity contribution >= 4 is 17.2 Å². The Morgan fingerprint density at radius 2 is 2.00 bits per heavy atom. The van der Waals surface area contributed by atoms with E-state index in [9.17, 15) is 9.90 Å². The summed E-state index contributed by atoms with van der Waals surface area (Å²) in [6.07, 6.45) is 2.76. The van der Waals surface area contributed by atoms with Crippen LogP contribution in [0.5, 0.6) is 0 Å². The van der Waals surface area contributed by atoms with E-state index in [4.69, 9.17) is 0 Å². The summed E-state index contributed by atoms with van der Waals surface area (Å²) in [5, 5.41) is 16.3. The summed E-state index contributed by atoms with van der Waals surface area (Å²) in [5.41, 5.74) is 1.18. The lowest BCUT2D eigenvalue weighted by molar-refractivity contribution is -0.131. The molecule has 1 aliphatic carbocycles. The Morgan fingerprint density at radius 1 is 1.32 bits per heavy atom. The molecule has 1 aromatic carbocycles. The van der Waals surface area contributed by atoms with Crippen LogP contribution in [0.3, 0.4) is 0 Å². The van der Waals surface area contributed by atoms with Crippen molar-refractivity contribution < 1.29 is 9.90 Å². The number of nitrogens with zero attached hydrogens (tertiary/aromatic N) is 1. The van der Waals surface area contributed by atoms with Gasteiger partial charge in [0.05, 0.1) is 5.54 Å². The number of thiazole rings is 1. The quantitative estimate of drug-likeness (QED) is 0.911. The Hall–Kier alpha value is -1.72. The van der Waals surface area contributed by atoms with Gasteiger partial charge in [0.1, 0.15) is 5.01 Å². The van der Waals surface area contributed by atoms with Crippen LogP contribution in [0.4, 0.5) is 0 Å². The van der Waals surface area contributed by atoms with Gasteiger partial charge in [-0.25, -0.2) is 4.98 Å². The van der Waals surface area contributed by atoms with Crippen LogP contribution in [0.25, 0.3) is 0 Å². The Labute approximate surface area is 134 Å². The zero-order chi connectivity index (χ0) is 15.6. The third-order valence-corrected chi connectivity index (χ3v) is 5.38. The van der Waals surface area contributed by atoms with E-state index in [1.165, 1.54) is 0 Å². The Bertz CT molecular complexity index is 648. The third-order valence-electron chi connectivity index (χ3n) is 4.21. The summed E-state index contributed by atoms with van der Waals surface area (Å²) < 4.78 is 0. The molecule has 1 unspecified atom stereocenters. The molecule has 1 aromatic heterocycles. The summed E-state index contributed by atoms with van der Waals surface area (Å²) in [5.74, 6) is -0.346. The molecule has 1 aliphatic rings. The maximum atomic E-state index is 12.5.